The molecule has 1 saturated carbocycles. The van der Waals surface area contributed by atoms with Gasteiger partial charge in [-0.15, -0.1) is 0 Å². The highest BCUT2D eigenvalue weighted by Gasteiger charge is 2.45. The van der Waals surface area contributed by atoms with Crippen molar-refractivity contribution in [2.75, 3.05) is 14.2 Å². The molecule has 0 spiro atoms. The van der Waals surface area contributed by atoms with Crippen LogP contribution in [0.4, 0.5) is 0 Å². The summed E-state index contributed by atoms with van der Waals surface area (Å²) in [5.41, 5.74) is -1.15. The molecule has 0 unspecified atom stereocenters. The van der Waals surface area contributed by atoms with E-state index in [-0.39, 0.29) is 15.5 Å². The first-order valence-electron chi connectivity index (χ1n) is 8.14. The molecule has 1 aromatic carbocycles. The summed E-state index contributed by atoms with van der Waals surface area (Å²) in [4.78, 5) is 23.8. The number of hydrogen-bond acceptors (Lipinski definition) is 6. The normalized spacial score (nSPS) is 23.3. The lowest BCUT2D eigenvalue weighted by Gasteiger charge is -2.40. The summed E-state index contributed by atoms with van der Waals surface area (Å²) in [5, 5.41) is 0.163. The van der Waals surface area contributed by atoms with Crippen LogP contribution in [0.1, 0.15) is 43.0 Å². The van der Waals surface area contributed by atoms with Crippen molar-refractivity contribution >= 4 is 33.6 Å². The summed E-state index contributed by atoms with van der Waals surface area (Å²) < 4.78 is 38.1. The van der Waals surface area contributed by atoms with Crippen LogP contribution in [0.25, 0.3) is 0 Å². The van der Waals surface area contributed by atoms with Crippen LogP contribution in [0.3, 0.4) is 0 Å². The monoisotopic (exact) mass is 403 g/mol. The minimum absolute atomic E-state index is 0.126. The number of ether oxygens (including phenoxy) is 2. The molecule has 1 fully saturated rings. The molecule has 9 heteroatoms. The second-order valence-electron chi connectivity index (χ2n) is 6.48. The largest absolute Gasteiger partial charge is 0.469 e. The minimum Gasteiger partial charge on any atom is -0.469 e. The Hall–Kier alpha value is -1.64. The minimum atomic E-state index is -4.14. The van der Waals surface area contributed by atoms with Gasteiger partial charge in [0.25, 0.3) is 0 Å². The maximum absolute atomic E-state index is 13.0. The van der Waals surface area contributed by atoms with E-state index in [2.05, 4.69) is 9.46 Å². The van der Waals surface area contributed by atoms with Gasteiger partial charge < -0.3 is 9.47 Å². The Kier molecular flexibility index (Phi) is 6.31. The second kappa shape index (κ2) is 7.94. The number of rotatable bonds is 5. The number of nitrogens with one attached hydrogen (secondary N) is 1. The summed E-state index contributed by atoms with van der Waals surface area (Å²) in [5.74, 6) is -1.87. The number of carbonyl (C=O) groups is 2. The Bertz CT molecular complexity index is 809. The molecule has 7 nitrogen and oxygen atoms in total. The molecule has 0 saturated heterocycles. The molecule has 0 heterocycles. The van der Waals surface area contributed by atoms with Gasteiger partial charge in [-0.2, -0.15) is 0 Å². The van der Waals surface area contributed by atoms with Gasteiger partial charge in [0.2, 0.25) is 10.0 Å². The molecule has 0 bridgehead atoms. The van der Waals surface area contributed by atoms with E-state index < -0.39 is 33.4 Å². The fourth-order valence-corrected chi connectivity index (χ4v) is 5.26. The lowest BCUT2D eigenvalue weighted by atomic mass is 9.74. The topological polar surface area (TPSA) is 98.8 Å². The molecule has 1 N–H and O–H groups in total. The molecular formula is C17H22ClNO6S. The number of halogens is 1. The average molecular weight is 404 g/mol. The first-order valence-corrected chi connectivity index (χ1v) is 10.0. The lowest BCUT2D eigenvalue weighted by molar-refractivity contribution is -0.149. The van der Waals surface area contributed by atoms with E-state index in [0.29, 0.717) is 12.8 Å². The van der Waals surface area contributed by atoms with Gasteiger partial charge in [-0.1, -0.05) is 24.4 Å². The third-order valence-corrected chi connectivity index (χ3v) is 6.59. The molecule has 1 aliphatic carbocycles. The van der Waals surface area contributed by atoms with Crippen LogP contribution < -0.4 is 4.72 Å². The summed E-state index contributed by atoms with van der Waals surface area (Å²) in [6.07, 6.45) is 2.57. The first-order chi connectivity index (χ1) is 12.1. The van der Waals surface area contributed by atoms with E-state index in [9.17, 15) is 18.0 Å². The van der Waals surface area contributed by atoms with Crippen LogP contribution in [0.5, 0.6) is 0 Å². The third-order valence-electron chi connectivity index (χ3n) is 4.70. The molecule has 1 aliphatic rings. The van der Waals surface area contributed by atoms with E-state index in [1.807, 2.05) is 0 Å². The Morgan fingerprint density at radius 3 is 2.54 bits per heavy atom. The number of hydrogen-bond donors (Lipinski definition) is 1. The number of methoxy groups -OCH3 is 2. The van der Waals surface area contributed by atoms with Gasteiger partial charge >= 0.3 is 11.9 Å². The zero-order chi connectivity index (χ0) is 19.5. The SMILES string of the molecule is COC(=O)c1ccc(Cl)cc1S(=O)(=O)N[C@@]1(C)CCCC[C@@H]1C(=O)OC. The van der Waals surface area contributed by atoms with E-state index in [1.165, 1.54) is 25.3 Å². The van der Waals surface area contributed by atoms with Crippen molar-refractivity contribution in [1.82, 2.24) is 4.72 Å². The summed E-state index contributed by atoms with van der Waals surface area (Å²) in [7, 11) is -1.71. The smallest absolute Gasteiger partial charge is 0.339 e. The summed E-state index contributed by atoms with van der Waals surface area (Å²) in [6.45, 7) is 1.67. The quantitative estimate of drug-likeness (QED) is 0.758. The molecule has 2 atom stereocenters. The van der Waals surface area contributed by atoms with Gasteiger partial charge in [0.15, 0.2) is 0 Å². The predicted octanol–water partition coefficient (Wildman–Crippen LogP) is 2.53. The molecule has 0 radical (unpaired) electrons. The Morgan fingerprint density at radius 2 is 1.92 bits per heavy atom. The zero-order valence-corrected chi connectivity index (χ0v) is 16.4. The Morgan fingerprint density at radius 1 is 1.23 bits per heavy atom. The van der Waals surface area contributed by atoms with Gasteiger partial charge in [0.05, 0.1) is 30.6 Å². The third kappa shape index (κ3) is 4.19. The van der Waals surface area contributed by atoms with E-state index in [4.69, 9.17) is 16.3 Å². The Labute approximate surface area is 158 Å². The van der Waals surface area contributed by atoms with Crippen molar-refractivity contribution in [3.63, 3.8) is 0 Å². The van der Waals surface area contributed by atoms with Crippen molar-refractivity contribution in [2.24, 2.45) is 5.92 Å². The number of esters is 2. The molecule has 26 heavy (non-hydrogen) atoms. The highest BCUT2D eigenvalue weighted by atomic mass is 35.5. The van der Waals surface area contributed by atoms with Crippen molar-refractivity contribution in [1.29, 1.82) is 0 Å². The van der Waals surface area contributed by atoms with Crippen LogP contribution in [0.15, 0.2) is 23.1 Å². The molecular weight excluding hydrogens is 382 g/mol. The lowest BCUT2D eigenvalue weighted by Crippen LogP contribution is -2.55. The second-order valence-corrected chi connectivity index (χ2v) is 8.56. The van der Waals surface area contributed by atoms with E-state index >= 15 is 0 Å². The van der Waals surface area contributed by atoms with Crippen LogP contribution in [-0.2, 0) is 24.3 Å². The van der Waals surface area contributed by atoms with Crippen LogP contribution in [0.2, 0.25) is 5.02 Å². The molecule has 0 aliphatic heterocycles. The van der Waals surface area contributed by atoms with E-state index in [1.54, 1.807) is 6.92 Å². The van der Waals surface area contributed by atoms with Crippen LogP contribution >= 0.6 is 11.6 Å². The number of benzene rings is 1. The summed E-state index contributed by atoms with van der Waals surface area (Å²) >= 11 is 5.93. The Balaban J connectivity index is 2.46. The fraction of sp³-hybridized carbons (Fsp3) is 0.529. The van der Waals surface area contributed by atoms with Crippen molar-refractivity contribution in [2.45, 2.75) is 43.0 Å². The molecule has 144 valence electrons. The highest BCUT2D eigenvalue weighted by Crippen LogP contribution is 2.36. The van der Waals surface area contributed by atoms with Gasteiger partial charge in [-0.05, 0) is 38.0 Å². The maximum atomic E-state index is 13.0. The zero-order valence-electron chi connectivity index (χ0n) is 14.9. The first kappa shape index (κ1) is 20.7. The van der Waals surface area contributed by atoms with Gasteiger partial charge in [-0.25, -0.2) is 17.9 Å². The van der Waals surface area contributed by atoms with Gasteiger partial charge in [0.1, 0.15) is 0 Å². The fourth-order valence-electron chi connectivity index (χ4n) is 3.33. The predicted molar refractivity (Wildman–Crippen MR) is 95.5 cm³/mol. The summed E-state index contributed by atoms with van der Waals surface area (Å²) in [6, 6.07) is 3.89. The van der Waals surface area contributed by atoms with Gasteiger partial charge in [0, 0.05) is 10.6 Å². The number of sulfonamides is 1. The highest BCUT2D eigenvalue weighted by molar-refractivity contribution is 7.89. The molecule has 0 aromatic heterocycles. The maximum Gasteiger partial charge on any atom is 0.339 e. The standard InChI is InChI=1S/C17H22ClNO6S/c1-17(9-5-4-6-13(17)16(21)25-3)19-26(22,23)14-10-11(18)7-8-12(14)15(20)24-2/h7-8,10,13,19H,4-6,9H2,1-3H3/t13-,17+/m1/s1. The van der Waals surface area contributed by atoms with Crippen LogP contribution in [0, 0.1) is 5.92 Å². The van der Waals surface area contributed by atoms with Gasteiger partial charge in [-0.3, -0.25) is 4.79 Å². The molecule has 1 aromatic rings. The van der Waals surface area contributed by atoms with Crippen molar-refractivity contribution in [3.8, 4) is 0 Å². The number of carbonyl (C=O) groups excluding carboxylic acids is 2. The molecule has 2 rings (SSSR count). The van der Waals surface area contributed by atoms with Crippen molar-refractivity contribution in [3.05, 3.63) is 28.8 Å². The average Bonchev–Trinajstić information content (AvgIpc) is 2.60. The van der Waals surface area contributed by atoms with Crippen molar-refractivity contribution < 1.29 is 27.5 Å². The van der Waals surface area contributed by atoms with E-state index in [0.717, 1.165) is 20.0 Å². The molecule has 0 amide bonds. The van der Waals surface area contributed by atoms with Crippen LogP contribution in [-0.4, -0.2) is 40.1 Å².